The first-order valence-corrected chi connectivity index (χ1v) is 16.6. The molecule has 8 rings (SSSR count). The molecule has 0 N–H and O–H groups in total. The minimum absolute atomic E-state index is 0. The first-order valence-electron chi connectivity index (χ1n) is 17.2. The fourth-order valence-corrected chi connectivity index (χ4v) is 7.86. The van der Waals surface area contributed by atoms with E-state index in [9.17, 15) is 0 Å². The average Bonchev–Trinajstić information content (AvgIpc) is 3.65. The van der Waals surface area contributed by atoms with Crippen LogP contribution in [0.1, 0.15) is 77.5 Å². The van der Waals surface area contributed by atoms with Crippen molar-refractivity contribution in [3.8, 4) is 22.5 Å². The van der Waals surface area contributed by atoms with Gasteiger partial charge in [-0.05, 0) is 79.0 Å². The first kappa shape index (κ1) is 29.4. The molecule has 5 aromatic heterocycles. The summed E-state index contributed by atoms with van der Waals surface area (Å²) in [5.41, 5.74) is 10.0. The van der Waals surface area contributed by atoms with Gasteiger partial charge in [-0.15, -0.1) is 64.9 Å². The molecule has 5 heterocycles. The molecule has 1 aliphatic carbocycles. The van der Waals surface area contributed by atoms with E-state index in [1.807, 2.05) is 30.5 Å². The monoisotopic (exact) mass is 817 g/mol. The number of furan rings is 1. The van der Waals surface area contributed by atoms with Gasteiger partial charge in [0, 0.05) is 51.8 Å². The van der Waals surface area contributed by atoms with Crippen LogP contribution in [0.15, 0.2) is 71.3 Å². The molecule has 1 radical (unpaired) electrons. The molecule has 0 bridgehead atoms. The van der Waals surface area contributed by atoms with Gasteiger partial charge in [0.05, 0.1) is 5.58 Å². The number of aromatic nitrogens is 3. The van der Waals surface area contributed by atoms with Crippen LogP contribution < -0.4 is 0 Å². The van der Waals surface area contributed by atoms with Crippen LogP contribution in [0.5, 0.6) is 0 Å². The Balaban J connectivity index is 0.000000227. The van der Waals surface area contributed by atoms with Crippen LogP contribution in [-0.2, 0) is 30.9 Å². The zero-order chi connectivity index (χ0) is 34.9. The molecule has 47 heavy (non-hydrogen) atoms. The van der Waals surface area contributed by atoms with Crippen molar-refractivity contribution < 1.29 is 28.6 Å². The largest absolute Gasteiger partial charge is 0.486 e. The molecular weight excluding hydrogens is 775 g/mol. The van der Waals surface area contributed by atoms with Crippen molar-refractivity contribution in [3.63, 3.8) is 0 Å². The molecule has 0 atom stereocenters. The van der Waals surface area contributed by atoms with Gasteiger partial charge in [0.15, 0.2) is 0 Å². The molecule has 1 aliphatic rings. The minimum atomic E-state index is -2.28. The molecular formula is C41H39IrN3OS-2. The van der Waals surface area contributed by atoms with Crippen LogP contribution >= 0.6 is 11.3 Å². The zero-order valence-electron chi connectivity index (χ0n) is 30.8. The molecule has 4 nitrogen and oxygen atoms in total. The Hall–Kier alpha value is -3.70. The smallest absolute Gasteiger partial charge is 0.216 e. The maximum atomic E-state index is 7.66. The summed E-state index contributed by atoms with van der Waals surface area (Å²) >= 11 is 1.80. The van der Waals surface area contributed by atoms with E-state index in [-0.39, 0.29) is 36.6 Å². The number of nitrogens with zero attached hydrogens (tertiary/aromatic N) is 3. The third-order valence-electron chi connectivity index (χ3n) is 9.39. The Bertz CT molecular complexity index is 2370. The van der Waals surface area contributed by atoms with Gasteiger partial charge in [0.1, 0.15) is 4.83 Å². The fraction of sp³-hybridized carbons (Fsp3) is 0.293. The first-order chi connectivity index (χ1) is 23.1. The molecule has 2 aromatic carbocycles. The maximum absolute atomic E-state index is 7.66. The van der Waals surface area contributed by atoms with Crippen molar-refractivity contribution in [2.24, 2.45) is 0 Å². The Kier molecular flexibility index (Phi) is 7.76. The third kappa shape index (κ3) is 6.08. The number of fused-ring (bicyclic) bond motifs is 6. The number of benzene rings is 2. The Morgan fingerprint density at radius 3 is 2.36 bits per heavy atom. The van der Waals surface area contributed by atoms with E-state index in [4.69, 9.17) is 13.5 Å². The molecule has 0 saturated carbocycles. The van der Waals surface area contributed by atoms with Gasteiger partial charge in [0.25, 0.3) is 0 Å². The summed E-state index contributed by atoms with van der Waals surface area (Å²) < 4.78 is 29.1. The van der Waals surface area contributed by atoms with Crippen molar-refractivity contribution in [3.05, 3.63) is 112 Å². The van der Waals surface area contributed by atoms with Gasteiger partial charge in [0.2, 0.25) is 5.71 Å². The molecule has 0 saturated heterocycles. The van der Waals surface area contributed by atoms with E-state index in [1.165, 1.54) is 38.9 Å². The predicted octanol–water partition coefficient (Wildman–Crippen LogP) is 11.2. The number of rotatable bonds is 2. The van der Waals surface area contributed by atoms with E-state index in [0.717, 1.165) is 44.5 Å². The van der Waals surface area contributed by atoms with Gasteiger partial charge in [-0.2, -0.15) is 0 Å². The summed E-state index contributed by atoms with van der Waals surface area (Å²) in [6.45, 7) is 13.3. The van der Waals surface area contributed by atoms with Gasteiger partial charge < -0.3 is 9.40 Å². The van der Waals surface area contributed by atoms with E-state index in [2.05, 4.69) is 94.8 Å². The number of thiophene rings is 1. The SMILES string of the molecule is Cc1c[c-]c(-c2cc(C)c(C)cn2)cc1.[2H]C([2H])([2H])c1ccc2c(n1)oc1c(-c3ccc4c5c(sc4n3)C(C)(C)CCC5(C)C)[c-]ccc12.[Ir]. The van der Waals surface area contributed by atoms with Crippen LogP contribution in [0.25, 0.3) is 54.8 Å². The van der Waals surface area contributed by atoms with Crippen molar-refractivity contribution in [1.82, 2.24) is 15.0 Å². The minimum Gasteiger partial charge on any atom is -0.486 e. The van der Waals surface area contributed by atoms with Crippen molar-refractivity contribution in [1.29, 1.82) is 0 Å². The van der Waals surface area contributed by atoms with E-state index in [1.54, 1.807) is 23.5 Å². The van der Waals surface area contributed by atoms with Gasteiger partial charge in [-0.1, -0.05) is 69.3 Å². The van der Waals surface area contributed by atoms with Crippen LogP contribution in [-0.4, -0.2) is 15.0 Å². The Morgan fingerprint density at radius 1 is 0.830 bits per heavy atom. The molecule has 7 aromatic rings. The molecule has 241 valence electrons. The van der Waals surface area contributed by atoms with Gasteiger partial charge in [-0.3, -0.25) is 4.98 Å². The van der Waals surface area contributed by atoms with Crippen molar-refractivity contribution in [2.75, 3.05) is 0 Å². The predicted molar refractivity (Wildman–Crippen MR) is 192 cm³/mol. The summed E-state index contributed by atoms with van der Waals surface area (Å²) in [5.74, 6) is 0. The quantitative estimate of drug-likeness (QED) is 0.163. The summed E-state index contributed by atoms with van der Waals surface area (Å²) in [6, 6.07) is 26.1. The number of pyridine rings is 3. The fourth-order valence-electron chi connectivity index (χ4n) is 6.38. The van der Waals surface area contributed by atoms with Crippen LogP contribution in [0.4, 0.5) is 0 Å². The topological polar surface area (TPSA) is 51.8 Å². The summed E-state index contributed by atoms with van der Waals surface area (Å²) in [5, 5.41) is 2.90. The molecule has 0 amide bonds. The van der Waals surface area contributed by atoms with Gasteiger partial charge in [-0.25, -0.2) is 4.98 Å². The van der Waals surface area contributed by atoms with Crippen LogP contribution in [0, 0.1) is 39.8 Å². The van der Waals surface area contributed by atoms with Crippen molar-refractivity contribution in [2.45, 2.75) is 79.0 Å². The van der Waals surface area contributed by atoms with Crippen LogP contribution in [0.2, 0.25) is 0 Å². The van der Waals surface area contributed by atoms with E-state index >= 15 is 0 Å². The second-order valence-electron chi connectivity index (χ2n) is 13.8. The van der Waals surface area contributed by atoms with Crippen molar-refractivity contribution >= 4 is 43.6 Å². The standard InChI is InChI=1S/C27H25N2OS.C14H14N.Ir/c1-15-9-10-17-16-7-6-8-18(22(16)30-24(17)28-15)20-12-11-19-21-23(31-25(19)29-20)27(4,5)14-13-26(21,2)3;1-10-4-6-13(7-5-10)14-8-11(2)12(3)9-15-14;/h6-7,9-12H,13-14H2,1-5H3;4-6,8-9H,1-3H3;/q2*-1;/i1D3;;. The second-order valence-corrected chi connectivity index (χ2v) is 14.8. The second kappa shape index (κ2) is 12.4. The summed E-state index contributed by atoms with van der Waals surface area (Å²) in [4.78, 5) is 16.2. The summed E-state index contributed by atoms with van der Waals surface area (Å²) in [7, 11) is 0. The molecule has 6 heteroatoms. The molecule has 0 fully saturated rings. The average molecular weight is 817 g/mol. The molecule has 0 unspecified atom stereocenters. The maximum Gasteiger partial charge on any atom is 0.216 e. The summed E-state index contributed by atoms with van der Waals surface area (Å²) in [6.07, 6.45) is 4.25. The molecule has 0 spiro atoms. The Morgan fingerprint density at radius 2 is 1.62 bits per heavy atom. The number of hydrogen-bond donors (Lipinski definition) is 0. The number of hydrogen-bond acceptors (Lipinski definition) is 5. The zero-order valence-corrected chi connectivity index (χ0v) is 31.0. The van der Waals surface area contributed by atoms with E-state index in [0.29, 0.717) is 11.3 Å². The third-order valence-corrected chi connectivity index (χ3v) is 10.9. The Labute approximate surface area is 299 Å². The number of aryl methyl sites for hydroxylation is 4. The van der Waals surface area contributed by atoms with Crippen LogP contribution in [0.3, 0.4) is 0 Å². The normalized spacial score (nSPS) is 16.0. The van der Waals surface area contributed by atoms with Gasteiger partial charge >= 0.3 is 0 Å². The van der Waals surface area contributed by atoms with E-state index < -0.39 is 6.85 Å². The molecule has 0 aliphatic heterocycles.